The number of pyridine rings is 1. The number of methoxy groups -OCH3 is 1. The summed E-state index contributed by atoms with van der Waals surface area (Å²) in [6.07, 6.45) is -3.05. The SMILES string of the molecule is COc1cc(N)c(C(F)F)c([N+](=O)[O-])n1. The van der Waals surface area contributed by atoms with E-state index in [-0.39, 0.29) is 5.88 Å². The first-order chi connectivity index (χ1) is 6.97. The molecule has 0 unspecified atom stereocenters. The molecule has 8 heteroatoms. The molecule has 0 bridgehead atoms. The number of nitrogens with two attached hydrogens (primary N) is 1. The highest BCUT2D eigenvalue weighted by Crippen LogP contribution is 2.34. The quantitative estimate of drug-likeness (QED) is 0.614. The third kappa shape index (κ3) is 2.09. The molecule has 0 fully saturated rings. The summed E-state index contributed by atoms with van der Waals surface area (Å²) in [5.41, 5.74) is 3.93. The van der Waals surface area contributed by atoms with Crippen LogP contribution in [0.1, 0.15) is 12.0 Å². The van der Waals surface area contributed by atoms with Crippen molar-refractivity contribution >= 4 is 11.5 Å². The molecule has 0 amide bonds. The van der Waals surface area contributed by atoms with Crippen molar-refractivity contribution in [3.63, 3.8) is 0 Å². The molecule has 2 N–H and O–H groups in total. The molecule has 1 rings (SSSR count). The fourth-order valence-electron chi connectivity index (χ4n) is 1.00. The van der Waals surface area contributed by atoms with Gasteiger partial charge >= 0.3 is 11.7 Å². The number of rotatable bonds is 3. The predicted molar refractivity (Wildman–Crippen MR) is 46.8 cm³/mol. The molecule has 0 aliphatic carbocycles. The Morgan fingerprint density at radius 3 is 2.67 bits per heavy atom. The van der Waals surface area contributed by atoms with Gasteiger partial charge in [0.15, 0.2) is 0 Å². The second-order valence-corrected chi connectivity index (χ2v) is 2.55. The minimum atomic E-state index is -3.05. The molecule has 0 radical (unpaired) electrons. The summed E-state index contributed by atoms with van der Waals surface area (Å²) in [5, 5.41) is 10.4. The van der Waals surface area contributed by atoms with Crippen molar-refractivity contribution in [2.45, 2.75) is 6.43 Å². The predicted octanol–water partition coefficient (Wildman–Crippen LogP) is 1.52. The fourth-order valence-corrected chi connectivity index (χ4v) is 1.00. The lowest BCUT2D eigenvalue weighted by Gasteiger charge is -2.05. The largest absolute Gasteiger partial charge is 0.463 e. The minimum Gasteiger partial charge on any atom is -0.463 e. The van der Waals surface area contributed by atoms with E-state index in [1.807, 2.05) is 0 Å². The molecule has 1 aromatic heterocycles. The van der Waals surface area contributed by atoms with Crippen LogP contribution in [0, 0.1) is 10.1 Å². The maximum absolute atomic E-state index is 12.4. The van der Waals surface area contributed by atoms with E-state index in [4.69, 9.17) is 5.73 Å². The molecule has 0 aromatic carbocycles. The molecule has 0 saturated carbocycles. The molecule has 0 aliphatic heterocycles. The number of hydrogen-bond donors (Lipinski definition) is 1. The fraction of sp³-hybridized carbons (Fsp3) is 0.286. The molecular weight excluding hydrogens is 212 g/mol. The van der Waals surface area contributed by atoms with Crippen molar-refractivity contribution in [2.75, 3.05) is 12.8 Å². The van der Waals surface area contributed by atoms with Gasteiger partial charge in [0.05, 0.1) is 18.9 Å². The highest BCUT2D eigenvalue weighted by molar-refractivity contribution is 5.57. The van der Waals surface area contributed by atoms with E-state index in [0.29, 0.717) is 0 Å². The van der Waals surface area contributed by atoms with Crippen LogP contribution in [0.5, 0.6) is 5.88 Å². The lowest BCUT2D eigenvalue weighted by Crippen LogP contribution is -2.05. The van der Waals surface area contributed by atoms with Crippen LogP contribution in [0.25, 0.3) is 0 Å². The number of halogens is 2. The van der Waals surface area contributed by atoms with Gasteiger partial charge in [-0.2, -0.15) is 0 Å². The first kappa shape index (κ1) is 11.1. The lowest BCUT2D eigenvalue weighted by atomic mass is 10.2. The van der Waals surface area contributed by atoms with Crippen molar-refractivity contribution in [3.8, 4) is 5.88 Å². The van der Waals surface area contributed by atoms with Gasteiger partial charge < -0.3 is 20.6 Å². The molecule has 1 heterocycles. The van der Waals surface area contributed by atoms with Crippen LogP contribution in [-0.4, -0.2) is 17.0 Å². The van der Waals surface area contributed by atoms with Gasteiger partial charge in [-0.1, -0.05) is 0 Å². The second-order valence-electron chi connectivity index (χ2n) is 2.55. The van der Waals surface area contributed by atoms with Gasteiger partial charge in [0.2, 0.25) is 0 Å². The summed E-state index contributed by atoms with van der Waals surface area (Å²) in [4.78, 5) is 12.7. The van der Waals surface area contributed by atoms with Crippen LogP contribution in [0.15, 0.2) is 6.07 Å². The van der Waals surface area contributed by atoms with E-state index in [9.17, 15) is 18.9 Å². The summed E-state index contributed by atoms with van der Waals surface area (Å²) in [7, 11) is 1.20. The van der Waals surface area contributed by atoms with E-state index >= 15 is 0 Å². The van der Waals surface area contributed by atoms with Gasteiger partial charge in [-0.15, -0.1) is 0 Å². The van der Waals surface area contributed by atoms with E-state index in [1.54, 1.807) is 0 Å². The summed E-state index contributed by atoms with van der Waals surface area (Å²) in [5.74, 6) is -1.16. The van der Waals surface area contributed by atoms with Crippen LogP contribution in [0.4, 0.5) is 20.3 Å². The summed E-state index contributed by atoms with van der Waals surface area (Å²) >= 11 is 0. The number of ether oxygens (including phenoxy) is 1. The number of anilines is 1. The average Bonchev–Trinajstić information content (AvgIpc) is 2.15. The Balaban J connectivity index is 3.42. The van der Waals surface area contributed by atoms with Crippen LogP contribution >= 0.6 is 0 Å². The molecule has 15 heavy (non-hydrogen) atoms. The van der Waals surface area contributed by atoms with Gasteiger partial charge in [-0.3, -0.25) is 0 Å². The van der Waals surface area contributed by atoms with Crippen molar-refractivity contribution < 1.29 is 18.4 Å². The Hall–Kier alpha value is -1.99. The van der Waals surface area contributed by atoms with Gasteiger partial charge in [0, 0.05) is 4.98 Å². The van der Waals surface area contributed by atoms with Crippen molar-refractivity contribution in [1.82, 2.24) is 4.98 Å². The molecule has 0 atom stereocenters. The Bertz CT molecular complexity index is 397. The van der Waals surface area contributed by atoms with Crippen molar-refractivity contribution in [3.05, 3.63) is 21.7 Å². The van der Waals surface area contributed by atoms with Crippen molar-refractivity contribution in [1.29, 1.82) is 0 Å². The average molecular weight is 219 g/mol. The number of nitrogen functional groups attached to an aromatic ring is 1. The summed E-state index contributed by atoms with van der Waals surface area (Å²) in [6, 6.07) is 1.01. The van der Waals surface area contributed by atoms with E-state index in [2.05, 4.69) is 9.72 Å². The Labute approximate surface area is 82.8 Å². The first-order valence-electron chi connectivity index (χ1n) is 3.74. The molecular formula is C7H7F2N3O3. The Morgan fingerprint density at radius 1 is 1.67 bits per heavy atom. The minimum absolute atomic E-state index is 0.177. The maximum atomic E-state index is 12.4. The van der Waals surface area contributed by atoms with E-state index in [1.165, 1.54) is 7.11 Å². The summed E-state index contributed by atoms with van der Waals surface area (Å²) in [6.45, 7) is 0. The zero-order valence-corrected chi connectivity index (χ0v) is 7.61. The number of nitrogens with zero attached hydrogens (tertiary/aromatic N) is 2. The van der Waals surface area contributed by atoms with Crippen LogP contribution < -0.4 is 10.5 Å². The Kier molecular flexibility index (Phi) is 2.98. The maximum Gasteiger partial charge on any atom is 0.378 e. The van der Waals surface area contributed by atoms with Crippen LogP contribution in [0.3, 0.4) is 0 Å². The molecule has 0 saturated heterocycles. The topological polar surface area (TPSA) is 91.3 Å². The normalized spacial score (nSPS) is 10.4. The first-order valence-corrected chi connectivity index (χ1v) is 3.74. The smallest absolute Gasteiger partial charge is 0.378 e. The molecule has 6 nitrogen and oxygen atoms in total. The number of nitro groups is 1. The number of hydrogen-bond acceptors (Lipinski definition) is 5. The third-order valence-corrected chi connectivity index (χ3v) is 1.65. The highest BCUT2D eigenvalue weighted by atomic mass is 19.3. The van der Waals surface area contributed by atoms with Crippen molar-refractivity contribution in [2.24, 2.45) is 0 Å². The zero-order valence-electron chi connectivity index (χ0n) is 7.61. The Morgan fingerprint density at radius 2 is 2.27 bits per heavy atom. The molecule has 0 spiro atoms. The second kappa shape index (κ2) is 4.03. The van der Waals surface area contributed by atoms with E-state index < -0.39 is 28.4 Å². The molecule has 82 valence electrons. The number of aromatic nitrogens is 1. The van der Waals surface area contributed by atoms with Crippen LogP contribution in [0.2, 0.25) is 0 Å². The molecule has 1 aromatic rings. The van der Waals surface area contributed by atoms with Gasteiger partial charge in [-0.05, 0) is 4.92 Å². The van der Waals surface area contributed by atoms with Gasteiger partial charge in [-0.25, -0.2) is 8.78 Å². The zero-order chi connectivity index (χ0) is 11.6. The molecule has 0 aliphatic rings. The highest BCUT2D eigenvalue weighted by Gasteiger charge is 2.28. The van der Waals surface area contributed by atoms with Gasteiger partial charge in [0.1, 0.15) is 5.56 Å². The number of alkyl halides is 2. The standard InChI is InChI=1S/C7H7F2N3O3/c1-15-4-2-3(10)5(6(8)9)7(11-4)12(13)14/h2,6H,1H3,(H2,10,11). The van der Waals surface area contributed by atoms with Crippen LogP contribution in [-0.2, 0) is 0 Å². The monoisotopic (exact) mass is 219 g/mol. The van der Waals surface area contributed by atoms with E-state index in [0.717, 1.165) is 6.07 Å². The third-order valence-electron chi connectivity index (χ3n) is 1.65. The summed E-state index contributed by atoms with van der Waals surface area (Å²) < 4.78 is 29.4. The lowest BCUT2D eigenvalue weighted by molar-refractivity contribution is -0.391. The van der Waals surface area contributed by atoms with Gasteiger partial charge in [0.25, 0.3) is 6.43 Å².